The third-order valence-corrected chi connectivity index (χ3v) is 12.5. The average molecular weight is 805 g/mol. The molecule has 0 N–H and O–H groups in total. The van der Waals surface area contributed by atoms with Crippen LogP contribution in [-0.4, -0.2) is 19.1 Å². The van der Waals surface area contributed by atoms with Crippen LogP contribution in [0.25, 0.3) is 122 Å². The Balaban J connectivity index is 1.09. The molecule has 0 aliphatic rings. The van der Waals surface area contributed by atoms with Crippen LogP contribution in [0.5, 0.6) is 0 Å². The maximum atomic E-state index is 6.59. The molecule has 0 radical (unpaired) electrons. The van der Waals surface area contributed by atoms with Crippen molar-refractivity contribution >= 4 is 65.6 Å². The number of benzene rings is 9. The molecule has 294 valence electrons. The maximum absolute atomic E-state index is 6.59. The number of furan rings is 1. The van der Waals surface area contributed by atoms with E-state index in [2.05, 4.69) is 197 Å². The second-order valence-electron chi connectivity index (χ2n) is 16.2. The zero-order chi connectivity index (χ0) is 41.4. The van der Waals surface area contributed by atoms with Crippen molar-refractivity contribution in [3.8, 4) is 56.4 Å². The molecule has 4 aromatic heterocycles. The van der Waals surface area contributed by atoms with E-state index in [4.69, 9.17) is 14.4 Å². The Kier molecular flexibility index (Phi) is 7.84. The van der Waals surface area contributed by atoms with Gasteiger partial charge < -0.3 is 13.6 Å². The highest BCUT2D eigenvalue weighted by atomic mass is 16.3. The monoisotopic (exact) mass is 804 g/mol. The number of hydrogen-bond acceptors (Lipinski definition) is 3. The van der Waals surface area contributed by atoms with E-state index in [0.29, 0.717) is 5.82 Å². The van der Waals surface area contributed by atoms with Crippen LogP contribution >= 0.6 is 0 Å². The Bertz CT molecular complexity index is 3860. The normalized spacial score (nSPS) is 11.8. The molecule has 9 aromatic carbocycles. The molecule has 0 spiro atoms. The first-order valence-electron chi connectivity index (χ1n) is 21.3. The Labute approximate surface area is 362 Å². The van der Waals surface area contributed by atoms with Crippen LogP contribution in [0.1, 0.15) is 0 Å². The van der Waals surface area contributed by atoms with Crippen LogP contribution in [0.2, 0.25) is 0 Å². The van der Waals surface area contributed by atoms with Gasteiger partial charge in [-0.15, -0.1) is 0 Å². The van der Waals surface area contributed by atoms with Gasteiger partial charge in [-0.05, 0) is 90.0 Å². The Morgan fingerprint density at radius 1 is 0.317 bits per heavy atom. The molecular weight excluding hydrogens is 769 g/mol. The lowest BCUT2D eigenvalue weighted by atomic mass is 9.97. The van der Waals surface area contributed by atoms with Gasteiger partial charge in [-0.25, -0.2) is 9.97 Å². The van der Waals surface area contributed by atoms with E-state index < -0.39 is 0 Å². The van der Waals surface area contributed by atoms with Crippen molar-refractivity contribution in [1.82, 2.24) is 19.1 Å². The van der Waals surface area contributed by atoms with Gasteiger partial charge in [-0.2, -0.15) is 0 Å². The molecule has 0 saturated carbocycles. The molecule has 0 atom stereocenters. The van der Waals surface area contributed by atoms with Gasteiger partial charge in [0.1, 0.15) is 11.2 Å². The van der Waals surface area contributed by atoms with Crippen molar-refractivity contribution in [1.29, 1.82) is 0 Å². The van der Waals surface area contributed by atoms with Gasteiger partial charge in [-0.3, -0.25) is 0 Å². The van der Waals surface area contributed by atoms with Crippen molar-refractivity contribution in [3.05, 3.63) is 218 Å². The van der Waals surface area contributed by atoms with Crippen LogP contribution in [0, 0.1) is 0 Å². The quantitative estimate of drug-likeness (QED) is 0.168. The molecule has 0 unspecified atom stereocenters. The standard InChI is InChI=1S/C58H36N4O/c1-3-16-37(17-4-1)58-59-50(36-51(60-58)48-25-15-24-47-46-23-10-14-29-56(46)63-57(47)48)40-32-39(33-42(34-40)62-52-26-11-7-20-43(52)44-21-8-12-27-53(44)62)38-30-31-55-49(35-38)45-22-9-13-28-54(45)61(55)41-18-5-2-6-19-41/h1-36H. The minimum atomic E-state index is 0.648. The van der Waals surface area contributed by atoms with Crippen LogP contribution in [0.3, 0.4) is 0 Å². The van der Waals surface area contributed by atoms with Gasteiger partial charge in [-0.1, -0.05) is 140 Å². The topological polar surface area (TPSA) is 48.8 Å². The number of aromatic nitrogens is 4. The van der Waals surface area contributed by atoms with Crippen molar-refractivity contribution in [2.45, 2.75) is 0 Å². The van der Waals surface area contributed by atoms with Crippen LogP contribution in [0.4, 0.5) is 0 Å². The highest BCUT2D eigenvalue weighted by Gasteiger charge is 2.20. The minimum Gasteiger partial charge on any atom is -0.455 e. The molecule has 0 aliphatic heterocycles. The molecule has 0 amide bonds. The first-order valence-corrected chi connectivity index (χ1v) is 21.3. The van der Waals surface area contributed by atoms with Gasteiger partial charge in [0.05, 0.1) is 33.5 Å². The number of rotatable bonds is 6. The summed E-state index contributed by atoms with van der Waals surface area (Å²) in [6, 6.07) is 77.4. The molecule has 0 bridgehead atoms. The number of nitrogens with zero attached hydrogens (tertiary/aromatic N) is 4. The van der Waals surface area contributed by atoms with Crippen LogP contribution in [-0.2, 0) is 0 Å². The number of hydrogen-bond donors (Lipinski definition) is 0. The molecular formula is C58H36N4O. The molecule has 0 aliphatic carbocycles. The second-order valence-corrected chi connectivity index (χ2v) is 16.2. The SMILES string of the molecule is c1ccc(-c2nc(-c3cc(-c4ccc5c(c4)c4ccccc4n5-c4ccccc4)cc(-n4c5ccccc5c5ccccc54)c3)cc(-c3cccc4c3oc3ccccc34)n2)cc1. The van der Waals surface area contributed by atoms with Crippen LogP contribution in [0.15, 0.2) is 223 Å². The molecule has 0 saturated heterocycles. The van der Waals surface area contributed by atoms with E-state index in [-0.39, 0.29) is 0 Å². The summed E-state index contributed by atoms with van der Waals surface area (Å²) in [6.07, 6.45) is 0. The average Bonchev–Trinajstić information content (AvgIpc) is 4.02. The van der Waals surface area contributed by atoms with E-state index in [1.54, 1.807) is 0 Å². The van der Waals surface area contributed by atoms with E-state index in [1.165, 1.54) is 27.1 Å². The van der Waals surface area contributed by atoms with Crippen molar-refractivity contribution in [2.24, 2.45) is 0 Å². The van der Waals surface area contributed by atoms with Crippen molar-refractivity contribution in [3.63, 3.8) is 0 Å². The summed E-state index contributed by atoms with van der Waals surface area (Å²) < 4.78 is 11.3. The van der Waals surface area contributed by atoms with Crippen LogP contribution < -0.4 is 0 Å². The van der Waals surface area contributed by atoms with Crippen molar-refractivity contribution < 1.29 is 4.42 Å². The Morgan fingerprint density at radius 2 is 0.873 bits per heavy atom. The number of para-hydroxylation sites is 6. The maximum Gasteiger partial charge on any atom is 0.160 e. The first-order chi connectivity index (χ1) is 31.2. The minimum absolute atomic E-state index is 0.648. The fourth-order valence-corrected chi connectivity index (χ4v) is 9.66. The first kappa shape index (κ1) is 35.2. The third kappa shape index (κ3) is 5.64. The zero-order valence-corrected chi connectivity index (χ0v) is 34.0. The Hall–Kier alpha value is -8.54. The molecule has 13 aromatic rings. The molecule has 0 fully saturated rings. The molecule has 5 nitrogen and oxygen atoms in total. The van der Waals surface area contributed by atoms with Gasteiger partial charge >= 0.3 is 0 Å². The van der Waals surface area contributed by atoms with E-state index >= 15 is 0 Å². The molecule has 63 heavy (non-hydrogen) atoms. The predicted octanol–water partition coefficient (Wildman–Crippen LogP) is 15.2. The lowest BCUT2D eigenvalue weighted by molar-refractivity contribution is 0.670. The molecule has 13 rings (SSSR count). The summed E-state index contributed by atoms with van der Waals surface area (Å²) in [4.78, 5) is 10.6. The van der Waals surface area contributed by atoms with Gasteiger partial charge in [0, 0.05) is 60.4 Å². The highest BCUT2D eigenvalue weighted by molar-refractivity contribution is 6.12. The fraction of sp³-hybridized carbons (Fsp3) is 0. The van der Waals surface area contributed by atoms with E-state index in [9.17, 15) is 0 Å². The summed E-state index contributed by atoms with van der Waals surface area (Å²) in [6.45, 7) is 0. The molecule has 4 heterocycles. The van der Waals surface area contributed by atoms with Crippen molar-refractivity contribution in [2.75, 3.05) is 0 Å². The summed E-state index contributed by atoms with van der Waals surface area (Å²) in [7, 11) is 0. The number of fused-ring (bicyclic) bond motifs is 9. The van der Waals surface area contributed by atoms with E-state index in [1.807, 2.05) is 30.3 Å². The Morgan fingerprint density at radius 3 is 1.60 bits per heavy atom. The third-order valence-electron chi connectivity index (χ3n) is 12.5. The van der Waals surface area contributed by atoms with Gasteiger partial charge in [0.2, 0.25) is 0 Å². The second kappa shape index (κ2) is 14.0. The van der Waals surface area contributed by atoms with Gasteiger partial charge in [0.15, 0.2) is 5.82 Å². The van der Waals surface area contributed by atoms with E-state index in [0.717, 1.165) is 89.1 Å². The highest BCUT2D eigenvalue weighted by Crippen LogP contribution is 2.41. The lowest BCUT2D eigenvalue weighted by Gasteiger charge is -2.15. The largest absolute Gasteiger partial charge is 0.455 e. The molecule has 5 heteroatoms. The summed E-state index contributed by atoms with van der Waals surface area (Å²) >= 11 is 0. The zero-order valence-electron chi connectivity index (χ0n) is 34.0. The smallest absolute Gasteiger partial charge is 0.160 e. The summed E-state index contributed by atoms with van der Waals surface area (Å²) in [5.74, 6) is 0.648. The lowest BCUT2D eigenvalue weighted by Crippen LogP contribution is -1.99. The van der Waals surface area contributed by atoms with Gasteiger partial charge in [0.25, 0.3) is 0 Å². The summed E-state index contributed by atoms with van der Waals surface area (Å²) in [5.41, 5.74) is 15.1. The fourth-order valence-electron chi connectivity index (χ4n) is 9.66. The summed E-state index contributed by atoms with van der Waals surface area (Å²) in [5, 5.41) is 6.98. The predicted molar refractivity (Wildman–Crippen MR) is 260 cm³/mol.